The number of esters is 1. The van der Waals surface area contributed by atoms with E-state index >= 15 is 0 Å². The number of carbonyl (C=O) groups is 2. The standard InChI is InChI=1S/C23H29N3O4/c1-14-6-4-8-19(16(14)3)26-12-17(10-20(26)27)23(29)30-13-18-11-21(28)25-9-5-7-15(2)22(25)24-18/h5,7,9,11,14,16-17,19H,4,6,8,10,12-13H2,1-3H3/t14-,16-,17+,19-/m0/s1. The van der Waals surface area contributed by atoms with E-state index in [0.717, 1.165) is 18.4 Å². The van der Waals surface area contributed by atoms with Crippen LogP contribution in [0, 0.1) is 24.7 Å². The number of rotatable bonds is 4. The Kier molecular flexibility index (Phi) is 5.62. The molecule has 0 radical (unpaired) electrons. The van der Waals surface area contributed by atoms with Gasteiger partial charge in [0.2, 0.25) is 5.91 Å². The quantitative estimate of drug-likeness (QED) is 0.723. The van der Waals surface area contributed by atoms with Crippen molar-refractivity contribution in [1.29, 1.82) is 0 Å². The molecular weight excluding hydrogens is 382 g/mol. The highest BCUT2D eigenvalue weighted by Crippen LogP contribution is 2.36. The Morgan fingerprint density at radius 1 is 1.27 bits per heavy atom. The van der Waals surface area contributed by atoms with Gasteiger partial charge in [-0.2, -0.15) is 0 Å². The number of amides is 1. The van der Waals surface area contributed by atoms with E-state index in [9.17, 15) is 14.4 Å². The van der Waals surface area contributed by atoms with Gasteiger partial charge in [-0.1, -0.05) is 32.8 Å². The minimum absolute atomic E-state index is 0.0422. The summed E-state index contributed by atoms with van der Waals surface area (Å²) in [5, 5.41) is 0. The average Bonchev–Trinajstić information content (AvgIpc) is 3.10. The molecule has 0 spiro atoms. The van der Waals surface area contributed by atoms with Crippen LogP contribution in [0.15, 0.2) is 29.2 Å². The van der Waals surface area contributed by atoms with Crippen molar-refractivity contribution in [3.8, 4) is 0 Å². The lowest BCUT2D eigenvalue weighted by Crippen LogP contribution is -2.45. The van der Waals surface area contributed by atoms with Crippen molar-refractivity contribution in [2.24, 2.45) is 17.8 Å². The first kappa shape index (κ1) is 20.6. The third kappa shape index (κ3) is 3.85. The lowest BCUT2D eigenvalue weighted by molar-refractivity contribution is -0.149. The first-order valence-corrected chi connectivity index (χ1v) is 10.8. The smallest absolute Gasteiger partial charge is 0.311 e. The number of aryl methyl sites for hydroxylation is 1. The van der Waals surface area contributed by atoms with Crippen LogP contribution in [0.1, 0.15) is 50.8 Å². The molecule has 2 aromatic heterocycles. The van der Waals surface area contributed by atoms with Gasteiger partial charge in [-0.15, -0.1) is 0 Å². The van der Waals surface area contributed by atoms with Gasteiger partial charge >= 0.3 is 5.97 Å². The summed E-state index contributed by atoms with van der Waals surface area (Å²) in [7, 11) is 0. The second-order valence-corrected chi connectivity index (χ2v) is 8.86. The molecule has 4 atom stereocenters. The molecule has 1 amide bonds. The Hall–Kier alpha value is -2.70. The number of ether oxygens (including phenoxy) is 1. The van der Waals surface area contributed by atoms with Crippen molar-refractivity contribution in [2.75, 3.05) is 6.54 Å². The zero-order valence-corrected chi connectivity index (χ0v) is 17.8. The maximum Gasteiger partial charge on any atom is 0.311 e. The van der Waals surface area contributed by atoms with Crippen LogP contribution in [-0.4, -0.2) is 38.7 Å². The predicted octanol–water partition coefficient (Wildman–Crippen LogP) is 2.72. The third-order valence-corrected chi connectivity index (χ3v) is 6.86. The molecule has 0 aromatic carbocycles. The summed E-state index contributed by atoms with van der Waals surface area (Å²) >= 11 is 0. The zero-order valence-electron chi connectivity index (χ0n) is 17.8. The first-order chi connectivity index (χ1) is 14.3. The van der Waals surface area contributed by atoms with Crippen LogP contribution in [0.5, 0.6) is 0 Å². The van der Waals surface area contributed by atoms with E-state index in [1.54, 1.807) is 12.3 Å². The van der Waals surface area contributed by atoms with Crippen LogP contribution >= 0.6 is 0 Å². The fourth-order valence-electron chi connectivity index (χ4n) is 4.85. The molecule has 2 aliphatic rings. The molecule has 2 fully saturated rings. The number of fused-ring (bicyclic) bond motifs is 1. The molecule has 1 aliphatic carbocycles. The highest BCUT2D eigenvalue weighted by atomic mass is 16.5. The van der Waals surface area contributed by atoms with Crippen molar-refractivity contribution in [3.05, 3.63) is 46.0 Å². The van der Waals surface area contributed by atoms with E-state index < -0.39 is 11.9 Å². The van der Waals surface area contributed by atoms with Crippen molar-refractivity contribution in [2.45, 2.75) is 59.1 Å². The van der Waals surface area contributed by atoms with Gasteiger partial charge in [0.05, 0.1) is 11.6 Å². The van der Waals surface area contributed by atoms with Gasteiger partial charge in [-0.25, -0.2) is 4.98 Å². The lowest BCUT2D eigenvalue weighted by Gasteiger charge is -2.39. The molecule has 7 heteroatoms. The molecule has 0 unspecified atom stereocenters. The van der Waals surface area contributed by atoms with Crippen LogP contribution in [0.3, 0.4) is 0 Å². The van der Waals surface area contributed by atoms with E-state index in [1.807, 2.05) is 17.9 Å². The van der Waals surface area contributed by atoms with Crippen LogP contribution in [-0.2, 0) is 20.9 Å². The molecule has 1 saturated heterocycles. The highest BCUT2D eigenvalue weighted by molar-refractivity contribution is 5.87. The molecule has 3 heterocycles. The highest BCUT2D eigenvalue weighted by Gasteiger charge is 2.42. The van der Waals surface area contributed by atoms with Gasteiger partial charge < -0.3 is 9.64 Å². The number of hydrogen-bond acceptors (Lipinski definition) is 5. The monoisotopic (exact) mass is 411 g/mol. The van der Waals surface area contributed by atoms with E-state index in [4.69, 9.17) is 4.74 Å². The van der Waals surface area contributed by atoms with Crippen molar-refractivity contribution in [1.82, 2.24) is 14.3 Å². The molecule has 1 saturated carbocycles. The summed E-state index contributed by atoms with van der Waals surface area (Å²) in [6.45, 7) is 6.68. The van der Waals surface area contributed by atoms with Gasteiger partial charge in [0.15, 0.2) is 0 Å². The second kappa shape index (κ2) is 8.20. The van der Waals surface area contributed by atoms with Crippen LogP contribution in [0.25, 0.3) is 5.65 Å². The average molecular weight is 412 g/mol. The molecular formula is C23H29N3O4. The number of hydrogen-bond donors (Lipinski definition) is 0. The lowest BCUT2D eigenvalue weighted by atomic mass is 9.77. The van der Waals surface area contributed by atoms with E-state index in [2.05, 4.69) is 18.8 Å². The Labute approximate surface area is 176 Å². The van der Waals surface area contributed by atoms with Crippen LogP contribution in [0.4, 0.5) is 0 Å². The second-order valence-electron chi connectivity index (χ2n) is 8.86. The molecule has 1 aliphatic heterocycles. The SMILES string of the molecule is Cc1cccn2c(=O)cc(COC(=O)[C@@H]3CC(=O)N([C@H]4CCC[C@H](C)[C@@H]4C)C3)nc12. The van der Waals surface area contributed by atoms with Gasteiger partial charge in [0, 0.05) is 31.3 Å². The zero-order chi connectivity index (χ0) is 21.4. The molecule has 160 valence electrons. The minimum atomic E-state index is -0.453. The fraction of sp³-hybridized carbons (Fsp3) is 0.565. The molecule has 0 bridgehead atoms. The number of likely N-dealkylation sites (tertiary alicyclic amines) is 1. The van der Waals surface area contributed by atoms with E-state index in [-0.39, 0.29) is 30.5 Å². The van der Waals surface area contributed by atoms with Crippen molar-refractivity contribution in [3.63, 3.8) is 0 Å². The maximum atomic E-state index is 12.6. The summed E-state index contributed by atoms with van der Waals surface area (Å²) in [5.74, 6) is 0.222. The Morgan fingerprint density at radius 3 is 2.87 bits per heavy atom. The fourth-order valence-corrected chi connectivity index (χ4v) is 4.85. The molecule has 4 rings (SSSR count). The molecule has 0 N–H and O–H groups in total. The van der Waals surface area contributed by atoms with Crippen LogP contribution in [0.2, 0.25) is 0 Å². The molecule has 2 aromatic rings. The summed E-state index contributed by atoms with van der Waals surface area (Å²) in [4.78, 5) is 43.9. The first-order valence-electron chi connectivity index (χ1n) is 10.8. The minimum Gasteiger partial charge on any atom is -0.459 e. The van der Waals surface area contributed by atoms with Crippen LogP contribution < -0.4 is 5.56 Å². The number of nitrogens with zero attached hydrogens (tertiary/aromatic N) is 3. The molecule has 30 heavy (non-hydrogen) atoms. The van der Waals surface area contributed by atoms with Crippen molar-refractivity contribution >= 4 is 17.5 Å². The normalized spacial score (nSPS) is 26.9. The van der Waals surface area contributed by atoms with Gasteiger partial charge in [-0.05, 0) is 36.8 Å². The Balaban J connectivity index is 1.41. The summed E-state index contributed by atoms with van der Waals surface area (Å²) in [5.41, 5.74) is 1.63. The number of carbonyl (C=O) groups excluding carboxylic acids is 2. The largest absolute Gasteiger partial charge is 0.459 e. The van der Waals surface area contributed by atoms with Gasteiger partial charge in [0.25, 0.3) is 5.56 Å². The van der Waals surface area contributed by atoms with Gasteiger partial charge in [0.1, 0.15) is 12.3 Å². The third-order valence-electron chi connectivity index (χ3n) is 6.86. The van der Waals surface area contributed by atoms with E-state index in [1.165, 1.54) is 16.9 Å². The maximum absolute atomic E-state index is 12.6. The summed E-state index contributed by atoms with van der Waals surface area (Å²) in [6, 6.07) is 5.27. The molecule has 7 nitrogen and oxygen atoms in total. The number of aromatic nitrogens is 2. The number of pyridine rings is 1. The predicted molar refractivity (Wildman–Crippen MR) is 112 cm³/mol. The Bertz CT molecular complexity index is 1030. The van der Waals surface area contributed by atoms with Gasteiger partial charge in [-0.3, -0.25) is 18.8 Å². The van der Waals surface area contributed by atoms with E-state index in [0.29, 0.717) is 29.7 Å². The summed E-state index contributed by atoms with van der Waals surface area (Å²) in [6.07, 6.45) is 5.19. The summed E-state index contributed by atoms with van der Waals surface area (Å²) < 4.78 is 6.93. The topological polar surface area (TPSA) is 81.0 Å². The van der Waals surface area contributed by atoms with Crippen molar-refractivity contribution < 1.29 is 14.3 Å². The Morgan fingerprint density at radius 2 is 2.07 bits per heavy atom.